The lowest BCUT2D eigenvalue weighted by molar-refractivity contribution is -0.384. The van der Waals surface area contributed by atoms with Gasteiger partial charge in [-0.3, -0.25) is 24.7 Å². The van der Waals surface area contributed by atoms with Crippen LogP contribution in [-0.2, 0) is 4.79 Å². The lowest BCUT2D eigenvalue weighted by Crippen LogP contribution is -2.48. The van der Waals surface area contributed by atoms with Gasteiger partial charge in [0.2, 0.25) is 5.91 Å². The second-order valence-electron chi connectivity index (χ2n) is 6.82. The van der Waals surface area contributed by atoms with E-state index in [4.69, 9.17) is 0 Å². The first kappa shape index (κ1) is 20.8. The Morgan fingerprint density at radius 2 is 1.79 bits per heavy atom. The summed E-state index contributed by atoms with van der Waals surface area (Å²) in [5.74, 6) is -0.0912. The largest absolute Gasteiger partial charge is 0.352 e. The number of nitrogens with zero attached hydrogens (tertiary/aromatic N) is 3. The monoisotopic (exact) mass is 414 g/mol. The molecule has 8 nitrogen and oxygen atoms in total. The quantitative estimate of drug-likeness (QED) is 0.443. The molecule has 1 saturated heterocycles. The first-order valence-corrected chi connectivity index (χ1v) is 10.2. The van der Waals surface area contributed by atoms with Crippen molar-refractivity contribution >= 4 is 29.3 Å². The molecular weight excluding hydrogens is 392 g/mol. The van der Waals surface area contributed by atoms with Crippen LogP contribution in [0, 0.1) is 10.1 Å². The molecule has 0 aliphatic carbocycles. The van der Waals surface area contributed by atoms with Crippen LogP contribution >= 0.6 is 11.8 Å². The van der Waals surface area contributed by atoms with Crippen molar-refractivity contribution in [2.75, 3.05) is 13.1 Å². The van der Waals surface area contributed by atoms with E-state index in [1.54, 1.807) is 41.6 Å². The summed E-state index contributed by atoms with van der Waals surface area (Å²) in [6.07, 6.45) is 4.61. The number of likely N-dealkylation sites (tertiary alicyclic amines) is 1. The van der Waals surface area contributed by atoms with E-state index in [0.717, 1.165) is 4.90 Å². The van der Waals surface area contributed by atoms with Crippen LogP contribution < -0.4 is 5.32 Å². The molecule has 0 bridgehead atoms. The Morgan fingerprint density at radius 3 is 2.38 bits per heavy atom. The number of nitro benzene ring substituents is 1. The van der Waals surface area contributed by atoms with Gasteiger partial charge in [-0.2, -0.15) is 0 Å². The van der Waals surface area contributed by atoms with Crippen molar-refractivity contribution in [1.29, 1.82) is 0 Å². The van der Waals surface area contributed by atoms with Gasteiger partial charge in [0, 0.05) is 54.1 Å². The molecular formula is C20H22N4O4S. The van der Waals surface area contributed by atoms with Gasteiger partial charge in [0.05, 0.1) is 10.2 Å². The van der Waals surface area contributed by atoms with Crippen molar-refractivity contribution in [3.63, 3.8) is 0 Å². The first-order valence-electron chi connectivity index (χ1n) is 9.35. The van der Waals surface area contributed by atoms with Crippen LogP contribution in [-0.4, -0.2) is 51.0 Å². The van der Waals surface area contributed by atoms with Gasteiger partial charge in [0.15, 0.2) is 0 Å². The summed E-state index contributed by atoms with van der Waals surface area (Å²) in [6.45, 7) is 3.00. The summed E-state index contributed by atoms with van der Waals surface area (Å²) in [5, 5.41) is 13.4. The number of non-ortho nitro benzene ring substituents is 1. The summed E-state index contributed by atoms with van der Waals surface area (Å²) < 4.78 is 0. The third-order valence-electron chi connectivity index (χ3n) is 4.79. The number of thioether (sulfide) groups is 1. The minimum atomic E-state index is -0.448. The van der Waals surface area contributed by atoms with Gasteiger partial charge in [-0.1, -0.05) is 0 Å². The van der Waals surface area contributed by atoms with Gasteiger partial charge in [0.1, 0.15) is 0 Å². The summed E-state index contributed by atoms with van der Waals surface area (Å²) in [5.41, 5.74) is 0.648. The number of hydrogen-bond donors (Lipinski definition) is 1. The summed E-state index contributed by atoms with van der Waals surface area (Å²) in [4.78, 5) is 41.8. The Balaban J connectivity index is 1.46. The average Bonchev–Trinajstić information content (AvgIpc) is 2.74. The molecule has 1 aliphatic rings. The highest BCUT2D eigenvalue weighted by molar-refractivity contribution is 8.00. The van der Waals surface area contributed by atoms with Gasteiger partial charge in [-0.05, 0) is 44.0 Å². The van der Waals surface area contributed by atoms with Crippen LogP contribution in [0.2, 0.25) is 0 Å². The molecule has 0 unspecified atom stereocenters. The molecule has 0 saturated carbocycles. The van der Waals surface area contributed by atoms with Crippen molar-refractivity contribution in [2.45, 2.75) is 36.0 Å². The smallest absolute Gasteiger partial charge is 0.269 e. The Hall–Kier alpha value is -2.94. The summed E-state index contributed by atoms with van der Waals surface area (Å²) in [7, 11) is 0. The number of carbonyl (C=O) groups is 2. The number of rotatable bonds is 6. The van der Waals surface area contributed by atoms with E-state index >= 15 is 0 Å². The van der Waals surface area contributed by atoms with Crippen LogP contribution in [0.1, 0.15) is 30.1 Å². The van der Waals surface area contributed by atoms with Gasteiger partial charge >= 0.3 is 0 Å². The molecule has 1 atom stereocenters. The number of pyridine rings is 1. The molecule has 0 radical (unpaired) electrons. The Kier molecular flexibility index (Phi) is 6.82. The second kappa shape index (κ2) is 9.51. The molecule has 2 heterocycles. The zero-order valence-corrected chi connectivity index (χ0v) is 16.8. The number of benzene rings is 1. The van der Waals surface area contributed by atoms with Gasteiger partial charge < -0.3 is 10.2 Å². The van der Waals surface area contributed by atoms with Gasteiger partial charge in [-0.25, -0.2) is 0 Å². The van der Waals surface area contributed by atoms with E-state index < -0.39 is 4.92 Å². The normalized spacial score (nSPS) is 15.6. The summed E-state index contributed by atoms with van der Waals surface area (Å²) in [6, 6.07) is 9.60. The molecule has 2 aromatic rings. The number of nitro groups is 1. The standard InChI is InChI=1S/C20H22N4O4S/c1-14(29-18-4-2-17(3-5-18)24(27)28)19(25)22-16-8-12-23(13-9-16)20(26)15-6-10-21-11-7-15/h2-7,10-11,14,16H,8-9,12-13H2,1H3,(H,22,25)/t14-/m1/s1. The van der Waals surface area contributed by atoms with E-state index in [9.17, 15) is 19.7 Å². The van der Waals surface area contributed by atoms with Gasteiger partial charge in [0.25, 0.3) is 11.6 Å². The minimum Gasteiger partial charge on any atom is -0.352 e. The van der Waals surface area contributed by atoms with Crippen LogP contribution in [0.4, 0.5) is 5.69 Å². The molecule has 1 N–H and O–H groups in total. The number of aromatic nitrogens is 1. The third-order valence-corrected chi connectivity index (χ3v) is 5.90. The van der Waals surface area contributed by atoms with E-state index in [1.165, 1.54) is 23.9 Å². The molecule has 152 valence electrons. The lowest BCUT2D eigenvalue weighted by atomic mass is 10.0. The van der Waals surface area contributed by atoms with Crippen LogP contribution in [0.15, 0.2) is 53.7 Å². The van der Waals surface area contributed by atoms with E-state index in [1.807, 2.05) is 6.92 Å². The highest BCUT2D eigenvalue weighted by Crippen LogP contribution is 2.26. The van der Waals surface area contributed by atoms with Crippen LogP contribution in [0.25, 0.3) is 0 Å². The molecule has 2 amide bonds. The molecule has 9 heteroatoms. The predicted molar refractivity (Wildman–Crippen MR) is 110 cm³/mol. The Bertz CT molecular complexity index is 868. The minimum absolute atomic E-state index is 0.0146. The predicted octanol–water partition coefficient (Wildman–Crippen LogP) is 2.89. The molecule has 29 heavy (non-hydrogen) atoms. The van der Waals surface area contributed by atoms with Crippen molar-refractivity contribution in [2.24, 2.45) is 0 Å². The zero-order chi connectivity index (χ0) is 20.8. The molecule has 1 aliphatic heterocycles. The molecule has 1 aromatic carbocycles. The SMILES string of the molecule is C[C@@H](Sc1ccc([N+](=O)[O-])cc1)C(=O)NC1CCN(C(=O)c2ccncc2)CC1. The van der Waals surface area contributed by atoms with Crippen molar-refractivity contribution in [3.8, 4) is 0 Å². The highest BCUT2D eigenvalue weighted by Gasteiger charge is 2.26. The molecule has 0 spiro atoms. The van der Waals surface area contributed by atoms with Crippen molar-refractivity contribution in [3.05, 3.63) is 64.5 Å². The number of nitrogens with one attached hydrogen (secondary N) is 1. The number of amides is 2. The third kappa shape index (κ3) is 5.54. The average molecular weight is 414 g/mol. The highest BCUT2D eigenvalue weighted by atomic mass is 32.2. The van der Waals surface area contributed by atoms with Crippen molar-refractivity contribution in [1.82, 2.24) is 15.2 Å². The number of hydrogen-bond acceptors (Lipinski definition) is 6. The van der Waals surface area contributed by atoms with E-state index in [-0.39, 0.29) is 28.8 Å². The van der Waals surface area contributed by atoms with E-state index in [2.05, 4.69) is 10.3 Å². The second-order valence-corrected chi connectivity index (χ2v) is 8.24. The Labute approximate surface area is 172 Å². The van der Waals surface area contributed by atoms with E-state index in [0.29, 0.717) is 31.5 Å². The first-order chi connectivity index (χ1) is 13.9. The fourth-order valence-corrected chi connectivity index (χ4v) is 4.00. The number of carbonyl (C=O) groups excluding carboxylic acids is 2. The number of piperidine rings is 1. The topological polar surface area (TPSA) is 105 Å². The fraction of sp³-hybridized carbons (Fsp3) is 0.350. The zero-order valence-electron chi connectivity index (χ0n) is 16.0. The Morgan fingerprint density at radius 1 is 1.17 bits per heavy atom. The fourth-order valence-electron chi connectivity index (χ4n) is 3.13. The molecule has 3 rings (SSSR count). The van der Waals surface area contributed by atoms with Crippen LogP contribution in [0.5, 0.6) is 0 Å². The molecule has 1 fully saturated rings. The lowest BCUT2D eigenvalue weighted by Gasteiger charge is -2.33. The molecule has 1 aromatic heterocycles. The van der Waals surface area contributed by atoms with Gasteiger partial charge in [-0.15, -0.1) is 11.8 Å². The van der Waals surface area contributed by atoms with Crippen LogP contribution in [0.3, 0.4) is 0 Å². The maximum absolute atomic E-state index is 12.5. The maximum atomic E-state index is 12.5. The maximum Gasteiger partial charge on any atom is 0.269 e. The summed E-state index contributed by atoms with van der Waals surface area (Å²) >= 11 is 1.36. The van der Waals surface area contributed by atoms with Crippen molar-refractivity contribution < 1.29 is 14.5 Å².